The number of carboxylic acids is 1. The summed E-state index contributed by atoms with van der Waals surface area (Å²) in [6, 6.07) is 9.11. The van der Waals surface area contributed by atoms with Gasteiger partial charge in [0.15, 0.2) is 0 Å². The number of rotatable bonds is 7. The van der Waals surface area contributed by atoms with Crippen molar-refractivity contribution in [1.82, 2.24) is 20.3 Å². The standard InChI is InChI=1S/C21H24N6O3/c28-18(11-23-15-4-1-3-14(9-15)10-19(29)30)26-16-5-2-8-27(12-16)21-17-6-7-22-20(17)24-13-25-21/h1,3-4,6-7,9,13,16,23H,2,5,8,10-12H2,(H,26,28)(H,29,30)(H,22,24,25)/t16-/m1/s1. The van der Waals surface area contributed by atoms with Crippen LogP contribution in [-0.2, 0) is 16.0 Å². The van der Waals surface area contributed by atoms with Gasteiger partial charge in [0.2, 0.25) is 5.91 Å². The van der Waals surface area contributed by atoms with Crippen molar-refractivity contribution in [2.75, 3.05) is 29.9 Å². The predicted molar refractivity (Wildman–Crippen MR) is 114 cm³/mol. The molecule has 156 valence electrons. The van der Waals surface area contributed by atoms with Gasteiger partial charge in [0.05, 0.1) is 18.4 Å². The average Bonchev–Trinajstić information content (AvgIpc) is 3.21. The molecule has 0 radical (unpaired) electrons. The molecule has 0 aliphatic carbocycles. The number of H-pyrrole nitrogens is 1. The molecule has 0 spiro atoms. The summed E-state index contributed by atoms with van der Waals surface area (Å²) in [5, 5.41) is 16.0. The van der Waals surface area contributed by atoms with Gasteiger partial charge in [0.25, 0.3) is 0 Å². The van der Waals surface area contributed by atoms with Crippen molar-refractivity contribution in [1.29, 1.82) is 0 Å². The third-order valence-electron chi connectivity index (χ3n) is 5.15. The minimum absolute atomic E-state index is 0.0374. The molecule has 0 saturated carbocycles. The average molecular weight is 408 g/mol. The van der Waals surface area contributed by atoms with Crippen LogP contribution in [0.5, 0.6) is 0 Å². The molecule has 1 amide bonds. The van der Waals surface area contributed by atoms with E-state index in [1.165, 1.54) is 0 Å². The molecule has 30 heavy (non-hydrogen) atoms. The highest BCUT2D eigenvalue weighted by molar-refractivity contribution is 5.87. The Morgan fingerprint density at radius 2 is 2.17 bits per heavy atom. The van der Waals surface area contributed by atoms with Gasteiger partial charge in [-0.3, -0.25) is 9.59 Å². The van der Waals surface area contributed by atoms with Crippen molar-refractivity contribution in [2.45, 2.75) is 25.3 Å². The van der Waals surface area contributed by atoms with Crippen molar-refractivity contribution in [2.24, 2.45) is 0 Å². The second kappa shape index (κ2) is 8.81. The Morgan fingerprint density at radius 3 is 3.03 bits per heavy atom. The van der Waals surface area contributed by atoms with Crippen molar-refractivity contribution < 1.29 is 14.7 Å². The van der Waals surface area contributed by atoms with E-state index in [0.717, 1.165) is 41.9 Å². The molecule has 1 atom stereocenters. The number of hydrogen-bond donors (Lipinski definition) is 4. The lowest BCUT2D eigenvalue weighted by Crippen LogP contribution is -2.49. The number of carbonyl (C=O) groups is 2. The van der Waals surface area contributed by atoms with Gasteiger partial charge in [0, 0.05) is 31.0 Å². The van der Waals surface area contributed by atoms with Gasteiger partial charge in [-0.2, -0.15) is 0 Å². The molecule has 2 aromatic heterocycles. The highest BCUT2D eigenvalue weighted by atomic mass is 16.4. The SMILES string of the molecule is O=C(O)Cc1cccc(NCC(=O)N[C@@H]2CCCN(c3ncnc4[nH]ccc34)C2)c1. The first-order valence-electron chi connectivity index (χ1n) is 9.95. The van der Waals surface area contributed by atoms with Crippen molar-refractivity contribution >= 4 is 34.4 Å². The number of anilines is 2. The normalized spacial score (nSPS) is 16.4. The van der Waals surface area contributed by atoms with Gasteiger partial charge in [0.1, 0.15) is 17.8 Å². The summed E-state index contributed by atoms with van der Waals surface area (Å²) in [6.45, 7) is 1.71. The van der Waals surface area contributed by atoms with Gasteiger partial charge < -0.3 is 25.6 Å². The Hall–Kier alpha value is -3.62. The fourth-order valence-electron chi connectivity index (χ4n) is 3.82. The van der Waals surface area contributed by atoms with Crippen LogP contribution in [0.25, 0.3) is 11.0 Å². The first kappa shape index (κ1) is 19.7. The molecule has 4 N–H and O–H groups in total. The molecule has 0 bridgehead atoms. The number of carboxylic acid groups (broad SMARTS) is 1. The molecule has 9 nitrogen and oxygen atoms in total. The summed E-state index contributed by atoms with van der Waals surface area (Å²) in [7, 11) is 0. The summed E-state index contributed by atoms with van der Waals surface area (Å²) in [6.07, 6.45) is 5.24. The number of nitrogens with one attached hydrogen (secondary N) is 3. The Labute approximate surface area is 173 Å². The number of benzene rings is 1. The molecule has 1 aromatic carbocycles. The topological polar surface area (TPSA) is 123 Å². The highest BCUT2D eigenvalue weighted by Crippen LogP contribution is 2.25. The summed E-state index contributed by atoms with van der Waals surface area (Å²) < 4.78 is 0. The van der Waals surface area contributed by atoms with Crippen molar-refractivity contribution in [3.63, 3.8) is 0 Å². The highest BCUT2D eigenvalue weighted by Gasteiger charge is 2.23. The van der Waals surface area contributed by atoms with Crippen molar-refractivity contribution in [3.05, 3.63) is 48.4 Å². The molecule has 1 saturated heterocycles. The second-order valence-electron chi connectivity index (χ2n) is 7.41. The van der Waals surface area contributed by atoms with E-state index in [1.54, 1.807) is 24.5 Å². The number of hydrogen-bond acceptors (Lipinski definition) is 6. The van der Waals surface area contributed by atoms with Crippen LogP contribution in [0.4, 0.5) is 11.5 Å². The fourth-order valence-corrected chi connectivity index (χ4v) is 3.82. The Bertz CT molecular complexity index is 1050. The van der Waals surface area contributed by atoms with Crippen LogP contribution in [0.15, 0.2) is 42.9 Å². The van der Waals surface area contributed by atoms with Gasteiger partial charge in [-0.25, -0.2) is 9.97 Å². The first-order chi connectivity index (χ1) is 14.6. The van der Waals surface area contributed by atoms with E-state index in [0.29, 0.717) is 12.1 Å². The summed E-state index contributed by atoms with van der Waals surface area (Å²) in [4.78, 5) is 37.3. The molecule has 1 aliphatic heterocycles. The van der Waals surface area contributed by atoms with Gasteiger partial charge >= 0.3 is 5.97 Å². The van der Waals surface area contributed by atoms with Crippen LogP contribution in [0.2, 0.25) is 0 Å². The molecular formula is C21H24N6O3. The monoisotopic (exact) mass is 408 g/mol. The number of aliphatic carboxylic acids is 1. The van der Waals surface area contributed by atoms with E-state index in [4.69, 9.17) is 5.11 Å². The third-order valence-corrected chi connectivity index (χ3v) is 5.15. The Morgan fingerprint density at radius 1 is 1.27 bits per heavy atom. The van der Waals surface area contributed by atoms with E-state index in [9.17, 15) is 9.59 Å². The minimum Gasteiger partial charge on any atom is -0.481 e. The van der Waals surface area contributed by atoms with Gasteiger partial charge in [-0.1, -0.05) is 12.1 Å². The number of aromatic amines is 1. The number of piperidine rings is 1. The summed E-state index contributed by atoms with van der Waals surface area (Å²) in [5.41, 5.74) is 2.22. The molecule has 1 aliphatic rings. The summed E-state index contributed by atoms with van der Waals surface area (Å²) >= 11 is 0. The molecular weight excluding hydrogens is 384 g/mol. The zero-order valence-corrected chi connectivity index (χ0v) is 16.5. The molecule has 3 aromatic rings. The maximum absolute atomic E-state index is 12.4. The lowest BCUT2D eigenvalue weighted by atomic mass is 10.1. The quantitative estimate of drug-likeness (QED) is 0.470. The Kier molecular flexibility index (Phi) is 5.78. The summed E-state index contributed by atoms with van der Waals surface area (Å²) in [5.74, 6) is -0.0964. The largest absolute Gasteiger partial charge is 0.481 e. The smallest absolute Gasteiger partial charge is 0.307 e. The van der Waals surface area contributed by atoms with E-state index in [1.807, 2.05) is 18.3 Å². The van der Waals surface area contributed by atoms with Crippen LogP contribution in [0.1, 0.15) is 18.4 Å². The maximum atomic E-state index is 12.4. The van der Waals surface area contributed by atoms with Crippen LogP contribution in [0.3, 0.4) is 0 Å². The third kappa shape index (κ3) is 4.68. The molecule has 3 heterocycles. The van der Waals surface area contributed by atoms with Gasteiger partial charge in [-0.15, -0.1) is 0 Å². The maximum Gasteiger partial charge on any atom is 0.307 e. The van der Waals surface area contributed by atoms with E-state index in [-0.39, 0.29) is 24.9 Å². The molecule has 0 unspecified atom stereocenters. The van der Waals surface area contributed by atoms with Crippen LogP contribution in [0, 0.1) is 0 Å². The van der Waals surface area contributed by atoms with Crippen molar-refractivity contribution in [3.8, 4) is 0 Å². The first-order valence-corrected chi connectivity index (χ1v) is 9.95. The lowest BCUT2D eigenvalue weighted by molar-refractivity contribution is -0.136. The number of amides is 1. The minimum atomic E-state index is -0.882. The number of carbonyl (C=O) groups excluding carboxylic acids is 1. The van der Waals surface area contributed by atoms with Crippen LogP contribution < -0.4 is 15.5 Å². The number of nitrogens with zero attached hydrogens (tertiary/aromatic N) is 3. The van der Waals surface area contributed by atoms with Gasteiger partial charge in [-0.05, 0) is 36.6 Å². The molecule has 4 rings (SSSR count). The predicted octanol–water partition coefficient (Wildman–Crippen LogP) is 1.78. The lowest BCUT2D eigenvalue weighted by Gasteiger charge is -2.34. The second-order valence-corrected chi connectivity index (χ2v) is 7.41. The van der Waals surface area contributed by atoms with Crippen LogP contribution >= 0.6 is 0 Å². The van der Waals surface area contributed by atoms with E-state index >= 15 is 0 Å². The number of aromatic nitrogens is 3. The number of fused-ring (bicyclic) bond motifs is 1. The zero-order chi connectivity index (χ0) is 20.9. The zero-order valence-electron chi connectivity index (χ0n) is 16.5. The molecule has 1 fully saturated rings. The van der Waals surface area contributed by atoms with Crippen LogP contribution in [-0.4, -0.2) is 57.6 Å². The Balaban J connectivity index is 1.32. The van der Waals surface area contributed by atoms with E-state index < -0.39 is 5.97 Å². The molecule has 9 heteroatoms. The van der Waals surface area contributed by atoms with E-state index in [2.05, 4.69) is 30.5 Å². The fraction of sp³-hybridized carbons (Fsp3) is 0.333.